The van der Waals surface area contributed by atoms with Crippen LogP contribution in [0.25, 0.3) is 0 Å². The highest BCUT2D eigenvalue weighted by Crippen LogP contribution is 2.43. The minimum absolute atomic E-state index is 0.00889. The van der Waals surface area contributed by atoms with Crippen LogP contribution >= 0.6 is 11.6 Å². The van der Waals surface area contributed by atoms with Crippen molar-refractivity contribution in [1.82, 2.24) is 4.57 Å². The van der Waals surface area contributed by atoms with Crippen molar-refractivity contribution >= 4 is 17.6 Å². The second-order valence-electron chi connectivity index (χ2n) is 6.07. The van der Waals surface area contributed by atoms with Crippen LogP contribution in [-0.2, 0) is 16.1 Å². The first-order valence-corrected chi connectivity index (χ1v) is 8.63. The Kier molecular flexibility index (Phi) is 5.25. The summed E-state index contributed by atoms with van der Waals surface area (Å²) < 4.78 is 11.9. The average molecular weight is 391 g/mol. The fraction of sp³-hybridized carbons (Fsp3) is 0.263. The van der Waals surface area contributed by atoms with E-state index < -0.39 is 17.4 Å². The van der Waals surface area contributed by atoms with E-state index in [9.17, 15) is 14.7 Å². The molecule has 0 bridgehead atoms. The van der Waals surface area contributed by atoms with Crippen LogP contribution in [0.4, 0.5) is 0 Å². The molecule has 27 heavy (non-hydrogen) atoms. The summed E-state index contributed by atoms with van der Waals surface area (Å²) in [6.45, 7) is 1.62. The molecule has 1 aromatic heterocycles. The summed E-state index contributed by atoms with van der Waals surface area (Å²) in [5.74, 6) is -1.45. The summed E-state index contributed by atoms with van der Waals surface area (Å²) in [7, 11) is 1.22. The standard InChI is InChI=1S/C19H19ClN2O5/c1-10-9-13-15(18(24)22(10)7-8-23)14(11-5-3-4-6-12(11)20)16(17(21)27-13)19(25)26-2/h3-6,9,14,23H,7-8,21H2,1-2H3. The lowest BCUT2D eigenvalue weighted by atomic mass is 9.83. The Labute approximate surface area is 160 Å². The molecule has 0 saturated carbocycles. The molecule has 142 valence electrons. The van der Waals surface area contributed by atoms with Gasteiger partial charge >= 0.3 is 5.97 Å². The van der Waals surface area contributed by atoms with E-state index in [0.717, 1.165) is 0 Å². The largest absolute Gasteiger partial charge is 0.465 e. The zero-order valence-corrected chi connectivity index (χ0v) is 15.6. The number of aromatic nitrogens is 1. The molecular weight excluding hydrogens is 372 g/mol. The van der Waals surface area contributed by atoms with E-state index in [4.69, 9.17) is 26.8 Å². The first-order chi connectivity index (χ1) is 12.9. The molecule has 1 atom stereocenters. The third-order valence-electron chi connectivity index (χ3n) is 4.51. The van der Waals surface area contributed by atoms with Gasteiger partial charge in [-0.3, -0.25) is 4.79 Å². The molecule has 0 spiro atoms. The number of nitrogens with two attached hydrogens (primary N) is 1. The number of aliphatic hydroxyl groups is 1. The van der Waals surface area contributed by atoms with Crippen molar-refractivity contribution in [3.63, 3.8) is 0 Å². The van der Waals surface area contributed by atoms with Crippen LogP contribution in [0.2, 0.25) is 5.02 Å². The maximum absolute atomic E-state index is 13.2. The molecule has 0 fully saturated rings. The van der Waals surface area contributed by atoms with Crippen LogP contribution in [0, 0.1) is 6.92 Å². The van der Waals surface area contributed by atoms with Crippen LogP contribution in [-0.4, -0.2) is 29.4 Å². The zero-order chi connectivity index (χ0) is 19.7. The number of nitrogens with zero attached hydrogens (tertiary/aromatic N) is 1. The minimum atomic E-state index is -0.854. The van der Waals surface area contributed by atoms with Crippen molar-refractivity contribution in [2.24, 2.45) is 5.73 Å². The van der Waals surface area contributed by atoms with Gasteiger partial charge in [0.15, 0.2) is 0 Å². The molecule has 1 aromatic carbocycles. The summed E-state index contributed by atoms with van der Waals surface area (Å²) in [5, 5.41) is 9.68. The second-order valence-corrected chi connectivity index (χ2v) is 6.48. The van der Waals surface area contributed by atoms with Crippen molar-refractivity contribution in [2.45, 2.75) is 19.4 Å². The van der Waals surface area contributed by atoms with Crippen LogP contribution in [0.15, 0.2) is 46.6 Å². The average Bonchev–Trinajstić information content (AvgIpc) is 2.64. The molecular formula is C19H19ClN2O5. The number of halogens is 1. The number of carbonyl (C=O) groups is 1. The molecule has 1 aliphatic rings. The van der Waals surface area contributed by atoms with Gasteiger partial charge in [0, 0.05) is 23.3 Å². The Morgan fingerprint density at radius 2 is 2.11 bits per heavy atom. The normalized spacial score (nSPS) is 15.9. The first kappa shape index (κ1) is 19.0. The SMILES string of the molecule is COC(=O)C1=C(N)Oc2cc(C)n(CCO)c(=O)c2C1c1ccccc1Cl. The second kappa shape index (κ2) is 7.46. The van der Waals surface area contributed by atoms with Gasteiger partial charge in [-0.15, -0.1) is 0 Å². The number of rotatable bonds is 4. The Hall–Kier alpha value is -2.77. The number of esters is 1. The fourth-order valence-electron chi connectivity index (χ4n) is 3.29. The van der Waals surface area contributed by atoms with Gasteiger partial charge < -0.3 is 24.9 Å². The number of pyridine rings is 1. The van der Waals surface area contributed by atoms with E-state index in [1.54, 1.807) is 37.3 Å². The molecule has 8 heteroatoms. The number of aliphatic hydroxyl groups excluding tert-OH is 1. The molecule has 3 N–H and O–H groups in total. The maximum atomic E-state index is 13.2. The van der Waals surface area contributed by atoms with Gasteiger partial charge in [-0.25, -0.2) is 4.79 Å². The number of methoxy groups -OCH3 is 1. The first-order valence-electron chi connectivity index (χ1n) is 8.26. The Morgan fingerprint density at radius 3 is 2.74 bits per heavy atom. The molecule has 0 saturated heterocycles. The van der Waals surface area contributed by atoms with Gasteiger partial charge in [0.1, 0.15) is 11.3 Å². The predicted molar refractivity (Wildman–Crippen MR) is 99.7 cm³/mol. The minimum Gasteiger partial charge on any atom is -0.465 e. The summed E-state index contributed by atoms with van der Waals surface area (Å²) >= 11 is 6.36. The Balaban J connectivity index is 2.36. The van der Waals surface area contributed by atoms with Gasteiger partial charge in [-0.1, -0.05) is 29.8 Å². The van der Waals surface area contributed by atoms with Crippen LogP contribution in [0.1, 0.15) is 22.7 Å². The van der Waals surface area contributed by atoms with Gasteiger partial charge in [-0.2, -0.15) is 0 Å². The molecule has 3 rings (SSSR count). The number of aryl methyl sites for hydroxylation is 1. The van der Waals surface area contributed by atoms with Crippen LogP contribution in [0.5, 0.6) is 5.75 Å². The van der Waals surface area contributed by atoms with E-state index in [1.807, 2.05) is 0 Å². The third kappa shape index (κ3) is 3.20. The number of hydrogen-bond donors (Lipinski definition) is 2. The van der Waals surface area contributed by atoms with Crippen molar-refractivity contribution in [1.29, 1.82) is 0 Å². The summed E-state index contributed by atoms with van der Waals surface area (Å²) in [6, 6.07) is 8.53. The highest BCUT2D eigenvalue weighted by atomic mass is 35.5. The van der Waals surface area contributed by atoms with Gasteiger partial charge in [-0.05, 0) is 18.6 Å². The third-order valence-corrected chi connectivity index (χ3v) is 4.86. The molecule has 2 aromatic rings. The van der Waals surface area contributed by atoms with E-state index in [1.165, 1.54) is 11.7 Å². The molecule has 0 aliphatic carbocycles. The van der Waals surface area contributed by atoms with Crippen molar-refractivity contribution < 1.29 is 19.4 Å². The van der Waals surface area contributed by atoms with Crippen molar-refractivity contribution in [3.05, 3.63) is 74.0 Å². The number of ether oxygens (including phenoxy) is 2. The summed E-state index contributed by atoms with van der Waals surface area (Å²) in [5.41, 5.74) is 6.98. The summed E-state index contributed by atoms with van der Waals surface area (Å²) in [4.78, 5) is 25.6. The van der Waals surface area contributed by atoms with Crippen molar-refractivity contribution in [2.75, 3.05) is 13.7 Å². The lowest BCUT2D eigenvalue weighted by Crippen LogP contribution is -2.35. The number of fused-ring (bicyclic) bond motifs is 1. The predicted octanol–water partition coefficient (Wildman–Crippen LogP) is 1.67. The molecule has 7 nitrogen and oxygen atoms in total. The fourth-order valence-corrected chi connectivity index (χ4v) is 3.54. The Bertz CT molecular complexity index is 996. The quantitative estimate of drug-likeness (QED) is 0.769. The smallest absolute Gasteiger partial charge is 0.340 e. The summed E-state index contributed by atoms with van der Waals surface area (Å²) in [6.07, 6.45) is 0. The monoisotopic (exact) mass is 390 g/mol. The lowest BCUT2D eigenvalue weighted by Gasteiger charge is -2.29. The van der Waals surface area contributed by atoms with Crippen molar-refractivity contribution in [3.8, 4) is 5.75 Å². The van der Waals surface area contributed by atoms with E-state index in [2.05, 4.69) is 0 Å². The number of hydrogen-bond acceptors (Lipinski definition) is 6. The van der Waals surface area contributed by atoms with E-state index in [-0.39, 0.29) is 35.9 Å². The maximum Gasteiger partial charge on any atom is 0.340 e. The lowest BCUT2D eigenvalue weighted by molar-refractivity contribution is -0.136. The molecule has 0 radical (unpaired) electrons. The zero-order valence-electron chi connectivity index (χ0n) is 14.9. The van der Waals surface area contributed by atoms with Gasteiger partial charge in [0.25, 0.3) is 5.56 Å². The van der Waals surface area contributed by atoms with E-state index >= 15 is 0 Å². The van der Waals surface area contributed by atoms with Crippen LogP contribution in [0.3, 0.4) is 0 Å². The number of carbonyl (C=O) groups excluding carboxylic acids is 1. The molecule has 1 aliphatic heterocycles. The molecule has 0 amide bonds. The topological polar surface area (TPSA) is 104 Å². The Morgan fingerprint density at radius 1 is 1.41 bits per heavy atom. The van der Waals surface area contributed by atoms with Crippen LogP contribution < -0.4 is 16.0 Å². The van der Waals surface area contributed by atoms with Gasteiger partial charge in [0.2, 0.25) is 5.88 Å². The highest BCUT2D eigenvalue weighted by Gasteiger charge is 2.39. The highest BCUT2D eigenvalue weighted by molar-refractivity contribution is 6.31. The molecule has 2 heterocycles. The number of benzene rings is 1. The van der Waals surface area contributed by atoms with E-state index in [0.29, 0.717) is 16.3 Å². The molecule has 1 unspecified atom stereocenters. The van der Waals surface area contributed by atoms with Gasteiger partial charge in [0.05, 0.1) is 25.2 Å².